The van der Waals surface area contributed by atoms with Gasteiger partial charge in [0.1, 0.15) is 0 Å². The van der Waals surface area contributed by atoms with Gasteiger partial charge in [0, 0.05) is 4.47 Å². The lowest BCUT2D eigenvalue weighted by atomic mass is 10.4. The molecule has 0 radical (unpaired) electrons. The Balaban J connectivity index is 0.000000236. The molecular weight excluding hydrogens is 195 g/mol. The van der Waals surface area contributed by atoms with Crippen molar-refractivity contribution in [3.8, 4) is 0 Å². The molecular formula is C6H8BBrO2. The van der Waals surface area contributed by atoms with Gasteiger partial charge in [0.2, 0.25) is 0 Å². The molecule has 0 saturated carbocycles. The van der Waals surface area contributed by atoms with Crippen molar-refractivity contribution in [2.45, 2.75) is 0 Å². The van der Waals surface area contributed by atoms with E-state index in [2.05, 4.69) is 15.9 Å². The summed E-state index contributed by atoms with van der Waals surface area (Å²) in [5, 5.41) is 14.2. The Hall–Kier alpha value is -0.315. The van der Waals surface area contributed by atoms with Gasteiger partial charge in [0.05, 0.1) is 0 Å². The molecule has 0 saturated heterocycles. The van der Waals surface area contributed by atoms with E-state index in [0.29, 0.717) is 0 Å². The minimum absolute atomic E-state index is 0.750. The molecule has 0 aliphatic carbocycles. The first-order valence-corrected chi connectivity index (χ1v) is 3.53. The van der Waals surface area contributed by atoms with Gasteiger partial charge in [0.15, 0.2) is 0 Å². The van der Waals surface area contributed by atoms with Crippen LogP contribution in [-0.2, 0) is 0 Å². The van der Waals surface area contributed by atoms with E-state index in [1.54, 1.807) is 0 Å². The van der Waals surface area contributed by atoms with Gasteiger partial charge in [-0.25, -0.2) is 0 Å². The molecule has 0 atom stereocenters. The van der Waals surface area contributed by atoms with E-state index in [4.69, 9.17) is 10.0 Å². The van der Waals surface area contributed by atoms with Crippen LogP contribution in [0.4, 0.5) is 0 Å². The molecule has 0 spiro atoms. The maximum absolute atomic E-state index is 7.12. The van der Waals surface area contributed by atoms with Crippen LogP contribution in [0.5, 0.6) is 0 Å². The summed E-state index contributed by atoms with van der Waals surface area (Å²) >= 11 is 3.31. The molecule has 0 heterocycles. The van der Waals surface area contributed by atoms with Crippen LogP contribution in [0.1, 0.15) is 0 Å². The van der Waals surface area contributed by atoms with Gasteiger partial charge < -0.3 is 10.0 Å². The Labute approximate surface area is 69.0 Å². The van der Waals surface area contributed by atoms with Crippen molar-refractivity contribution >= 4 is 23.6 Å². The van der Waals surface area contributed by atoms with Crippen LogP contribution in [0.3, 0.4) is 0 Å². The maximum atomic E-state index is 7.12. The standard InChI is InChI=1S/C6H5Br.BH3O2/c7-6-4-2-1-3-5-6;2-1-3/h1-5H;1-3H. The summed E-state index contributed by atoms with van der Waals surface area (Å²) in [5.74, 6) is 0. The Kier molecular flexibility index (Phi) is 6.59. The fraction of sp³-hybridized carbons (Fsp3) is 0. The molecule has 0 unspecified atom stereocenters. The predicted molar refractivity (Wildman–Crippen MR) is 45.7 cm³/mol. The highest BCUT2D eigenvalue weighted by Gasteiger charge is 1.74. The summed E-state index contributed by atoms with van der Waals surface area (Å²) in [4.78, 5) is 0. The molecule has 4 heteroatoms. The molecule has 2 nitrogen and oxygen atoms in total. The average molecular weight is 203 g/mol. The monoisotopic (exact) mass is 202 g/mol. The second-order valence-electron chi connectivity index (χ2n) is 1.44. The Morgan fingerprint density at radius 2 is 1.50 bits per heavy atom. The van der Waals surface area contributed by atoms with Crippen LogP contribution in [0, 0.1) is 0 Å². The van der Waals surface area contributed by atoms with Crippen LogP contribution >= 0.6 is 15.9 Å². The summed E-state index contributed by atoms with van der Waals surface area (Å²) in [5.41, 5.74) is 0. The summed E-state index contributed by atoms with van der Waals surface area (Å²) in [6, 6.07) is 9.97. The van der Waals surface area contributed by atoms with Gasteiger partial charge in [-0.1, -0.05) is 34.1 Å². The molecule has 0 aromatic heterocycles. The van der Waals surface area contributed by atoms with Crippen molar-refractivity contribution in [1.82, 2.24) is 0 Å². The van der Waals surface area contributed by atoms with Crippen LogP contribution in [0.25, 0.3) is 0 Å². The lowest BCUT2D eigenvalue weighted by Crippen LogP contribution is -1.75. The normalized spacial score (nSPS) is 7.50. The first kappa shape index (κ1) is 9.68. The van der Waals surface area contributed by atoms with E-state index in [-0.39, 0.29) is 0 Å². The third-order valence-electron chi connectivity index (χ3n) is 0.733. The molecule has 0 amide bonds. The zero-order valence-corrected chi connectivity index (χ0v) is 6.95. The number of hydrogen-bond donors (Lipinski definition) is 2. The molecule has 0 fully saturated rings. The molecule has 1 rings (SSSR count). The maximum Gasteiger partial charge on any atom is 0.432 e. The quantitative estimate of drug-likeness (QED) is 0.608. The molecule has 0 bridgehead atoms. The van der Waals surface area contributed by atoms with E-state index in [9.17, 15) is 0 Å². The number of benzene rings is 1. The average Bonchev–Trinajstić information content (AvgIpc) is 1.91. The van der Waals surface area contributed by atoms with Crippen molar-refractivity contribution in [3.63, 3.8) is 0 Å². The summed E-state index contributed by atoms with van der Waals surface area (Å²) in [6.07, 6.45) is 0. The summed E-state index contributed by atoms with van der Waals surface area (Å²) in [7, 11) is -0.750. The molecule has 1 aromatic carbocycles. The van der Waals surface area contributed by atoms with Crippen LogP contribution in [0.15, 0.2) is 34.8 Å². The highest BCUT2D eigenvalue weighted by molar-refractivity contribution is 9.10. The molecule has 2 N–H and O–H groups in total. The van der Waals surface area contributed by atoms with Gasteiger partial charge in [-0.15, -0.1) is 0 Å². The molecule has 0 aliphatic heterocycles. The van der Waals surface area contributed by atoms with Crippen LogP contribution in [-0.4, -0.2) is 17.7 Å². The summed E-state index contributed by atoms with van der Waals surface area (Å²) < 4.78 is 1.13. The van der Waals surface area contributed by atoms with Gasteiger partial charge >= 0.3 is 7.69 Å². The van der Waals surface area contributed by atoms with Gasteiger partial charge in [-0.2, -0.15) is 0 Å². The van der Waals surface area contributed by atoms with Crippen molar-refractivity contribution in [2.24, 2.45) is 0 Å². The van der Waals surface area contributed by atoms with Gasteiger partial charge in [-0.3, -0.25) is 0 Å². The second kappa shape index (κ2) is 6.80. The lowest BCUT2D eigenvalue weighted by molar-refractivity contribution is 0.448. The first-order valence-electron chi connectivity index (χ1n) is 2.73. The fourth-order valence-electron chi connectivity index (χ4n) is 0.415. The SMILES string of the molecule is Brc1ccccc1.OBO. The van der Waals surface area contributed by atoms with E-state index in [1.807, 2.05) is 30.3 Å². The van der Waals surface area contributed by atoms with Gasteiger partial charge in [-0.05, 0) is 12.1 Å². The van der Waals surface area contributed by atoms with Crippen LogP contribution in [0.2, 0.25) is 0 Å². The smallest absolute Gasteiger partial charge is 0.430 e. The third-order valence-corrected chi connectivity index (χ3v) is 1.26. The number of halogens is 1. The van der Waals surface area contributed by atoms with Crippen LogP contribution < -0.4 is 0 Å². The van der Waals surface area contributed by atoms with Crippen molar-refractivity contribution in [2.75, 3.05) is 0 Å². The Morgan fingerprint density at radius 3 is 1.70 bits per heavy atom. The summed E-state index contributed by atoms with van der Waals surface area (Å²) in [6.45, 7) is 0. The first-order chi connectivity index (χ1) is 4.81. The number of rotatable bonds is 0. The zero-order chi connectivity index (χ0) is 7.82. The highest BCUT2D eigenvalue weighted by Crippen LogP contribution is 2.05. The molecule has 10 heavy (non-hydrogen) atoms. The van der Waals surface area contributed by atoms with Crippen molar-refractivity contribution in [1.29, 1.82) is 0 Å². The lowest BCUT2D eigenvalue weighted by Gasteiger charge is -1.80. The largest absolute Gasteiger partial charge is 0.432 e. The minimum atomic E-state index is -0.750. The van der Waals surface area contributed by atoms with E-state index in [0.717, 1.165) is 4.47 Å². The van der Waals surface area contributed by atoms with E-state index in [1.165, 1.54) is 0 Å². The molecule has 0 aliphatic rings. The third kappa shape index (κ3) is 5.82. The Bertz CT molecular complexity index is 157. The van der Waals surface area contributed by atoms with Crippen molar-refractivity contribution in [3.05, 3.63) is 34.8 Å². The van der Waals surface area contributed by atoms with Crippen molar-refractivity contribution < 1.29 is 10.0 Å². The molecule has 54 valence electrons. The predicted octanol–water partition coefficient (Wildman–Crippen LogP) is 0.687. The number of hydrogen-bond acceptors (Lipinski definition) is 2. The molecule has 1 aromatic rings. The topological polar surface area (TPSA) is 40.5 Å². The fourth-order valence-corrected chi connectivity index (χ4v) is 0.720. The van der Waals surface area contributed by atoms with Gasteiger partial charge in [0.25, 0.3) is 0 Å². The Morgan fingerprint density at radius 1 is 1.10 bits per heavy atom. The highest BCUT2D eigenvalue weighted by atomic mass is 79.9. The van der Waals surface area contributed by atoms with E-state index < -0.39 is 7.69 Å². The minimum Gasteiger partial charge on any atom is -0.430 e. The van der Waals surface area contributed by atoms with E-state index >= 15 is 0 Å². The second-order valence-corrected chi connectivity index (χ2v) is 2.35. The zero-order valence-electron chi connectivity index (χ0n) is 5.37.